The van der Waals surface area contributed by atoms with Gasteiger partial charge in [0.15, 0.2) is 0 Å². The van der Waals surface area contributed by atoms with Crippen LogP contribution in [0.4, 0.5) is 0 Å². The Kier molecular flexibility index (Phi) is 6.99. The number of ether oxygens (including phenoxy) is 1. The van der Waals surface area contributed by atoms with Crippen LogP contribution in [0.2, 0.25) is 0 Å². The lowest BCUT2D eigenvalue weighted by Gasteiger charge is -2.15. The van der Waals surface area contributed by atoms with Crippen LogP contribution in [0.1, 0.15) is 48.5 Å². The van der Waals surface area contributed by atoms with Gasteiger partial charge in [0.25, 0.3) is 11.5 Å². The average molecular weight is 412 g/mol. The number of aromatic nitrogens is 3. The van der Waals surface area contributed by atoms with Crippen LogP contribution in [-0.2, 0) is 11.3 Å². The largest absolute Gasteiger partial charge is 0.383 e. The SMILES string of the molecule is CCCCCCNC(=O)c1cc2c(=O)n3cccc(C)c3nc2n(CCOC)c1=N. The first kappa shape index (κ1) is 21.7. The molecule has 1 amide bonds. The third-order valence-electron chi connectivity index (χ3n) is 5.21. The first-order chi connectivity index (χ1) is 14.5. The van der Waals surface area contributed by atoms with Gasteiger partial charge in [0.05, 0.1) is 17.6 Å². The molecule has 0 fully saturated rings. The number of amides is 1. The summed E-state index contributed by atoms with van der Waals surface area (Å²) in [6.45, 7) is 5.22. The van der Waals surface area contributed by atoms with E-state index < -0.39 is 0 Å². The third kappa shape index (κ3) is 4.28. The number of aryl methyl sites for hydroxylation is 1. The summed E-state index contributed by atoms with van der Waals surface area (Å²) in [5.41, 5.74) is 1.71. The third-order valence-corrected chi connectivity index (χ3v) is 5.21. The van der Waals surface area contributed by atoms with Crippen molar-refractivity contribution in [2.24, 2.45) is 0 Å². The Morgan fingerprint density at radius 3 is 2.80 bits per heavy atom. The molecule has 3 aromatic heterocycles. The van der Waals surface area contributed by atoms with Crippen LogP contribution in [0, 0.1) is 12.3 Å². The van der Waals surface area contributed by atoms with E-state index in [2.05, 4.69) is 17.2 Å². The normalized spacial score (nSPS) is 11.3. The quantitative estimate of drug-likeness (QED) is 0.417. The summed E-state index contributed by atoms with van der Waals surface area (Å²) in [4.78, 5) is 30.6. The Balaban J connectivity index is 2.12. The molecule has 0 saturated heterocycles. The van der Waals surface area contributed by atoms with Crippen LogP contribution in [0.3, 0.4) is 0 Å². The Morgan fingerprint density at radius 1 is 1.27 bits per heavy atom. The fourth-order valence-corrected chi connectivity index (χ4v) is 3.52. The van der Waals surface area contributed by atoms with Gasteiger partial charge in [0.1, 0.15) is 16.8 Å². The van der Waals surface area contributed by atoms with Crippen molar-refractivity contribution >= 4 is 22.6 Å². The summed E-state index contributed by atoms with van der Waals surface area (Å²) in [7, 11) is 1.57. The van der Waals surface area contributed by atoms with Crippen molar-refractivity contribution < 1.29 is 9.53 Å². The molecule has 2 N–H and O–H groups in total. The lowest BCUT2D eigenvalue weighted by Crippen LogP contribution is -2.36. The van der Waals surface area contributed by atoms with E-state index in [4.69, 9.17) is 10.1 Å². The predicted octanol–water partition coefficient (Wildman–Crippen LogP) is 2.39. The Labute approximate surface area is 175 Å². The van der Waals surface area contributed by atoms with E-state index in [0.29, 0.717) is 36.4 Å². The fourth-order valence-electron chi connectivity index (χ4n) is 3.52. The molecular weight excluding hydrogens is 382 g/mol. The van der Waals surface area contributed by atoms with Crippen LogP contribution in [0.25, 0.3) is 16.7 Å². The molecule has 0 saturated carbocycles. The van der Waals surface area contributed by atoms with Crippen molar-refractivity contribution in [1.82, 2.24) is 19.3 Å². The molecule has 3 heterocycles. The highest BCUT2D eigenvalue weighted by molar-refractivity contribution is 5.96. The molecule has 3 aromatic rings. The molecule has 0 spiro atoms. The number of hydrogen-bond acceptors (Lipinski definition) is 5. The molecule has 0 aliphatic rings. The first-order valence-corrected chi connectivity index (χ1v) is 10.4. The number of unbranched alkanes of at least 4 members (excludes halogenated alkanes) is 3. The smallest absolute Gasteiger partial charge is 0.267 e. The summed E-state index contributed by atoms with van der Waals surface area (Å²) < 4.78 is 8.24. The molecule has 8 heteroatoms. The van der Waals surface area contributed by atoms with Gasteiger partial charge in [-0.1, -0.05) is 32.3 Å². The molecule has 0 aliphatic heterocycles. The van der Waals surface area contributed by atoms with Crippen LogP contribution >= 0.6 is 0 Å². The first-order valence-electron chi connectivity index (χ1n) is 10.4. The van der Waals surface area contributed by atoms with Gasteiger partial charge in [-0.3, -0.25) is 19.4 Å². The van der Waals surface area contributed by atoms with Gasteiger partial charge in [0.2, 0.25) is 0 Å². The number of methoxy groups -OCH3 is 1. The van der Waals surface area contributed by atoms with Gasteiger partial charge in [-0.05, 0) is 31.0 Å². The minimum Gasteiger partial charge on any atom is -0.383 e. The number of carbonyl (C=O) groups is 1. The van der Waals surface area contributed by atoms with Gasteiger partial charge >= 0.3 is 0 Å². The van der Waals surface area contributed by atoms with Crippen molar-refractivity contribution in [1.29, 1.82) is 5.41 Å². The van der Waals surface area contributed by atoms with Crippen molar-refractivity contribution in [3.8, 4) is 0 Å². The molecule has 160 valence electrons. The number of hydrogen-bond donors (Lipinski definition) is 2. The molecular formula is C22H29N5O3. The topological polar surface area (TPSA) is 101 Å². The lowest BCUT2D eigenvalue weighted by atomic mass is 10.1. The number of rotatable bonds is 9. The molecule has 0 bridgehead atoms. The predicted molar refractivity (Wildman–Crippen MR) is 116 cm³/mol. The summed E-state index contributed by atoms with van der Waals surface area (Å²) in [6.07, 6.45) is 5.85. The number of fused-ring (bicyclic) bond motifs is 2. The average Bonchev–Trinajstić information content (AvgIpc) is 2.73. The second kappa shape index (κ2) is 9.67. The number of nitrogens with one attached hydrogen (secondary N) is 2. The monoisotopic (exact) mass is 411 g/mol. The minimum absolute atomic E-state index is 0.0236. The van der Waals surface area contributed by atoms with Crippen LogP contribution < -0.4 is 16.4 Å². The highest BCUT2D eigenvalue weighted by Gasteiger charge is 2.17. The van der Waals surface area contributed by atoms with E-state index in [1.54, 1.807) is 23.9 Å². The standard InChI is InChI=1S/C22H29N5O3/c1-4-5-6-7-10-24-21(28)16-14-17-20(26(18(16)23)12-13-30-3)25-19-15(2)9-8-11-27(19)22(17)29/h8-9,11,14,23H,4-7,10,12-13H2,1-3H3,(H,24,28). The van der Waals surface area contributed by atoms with Crippen molar-refractivity contribution in [3.05, 3.63) is 51.4 Å². The maximum atomic E-state index is 13.2. The molecule has 0 aromatic carbocycles. The molecule has 0 radical (unpaired) electrons. The maximum absolute atomic E-state index is 13.2. The van der Waals surface area contributed by atoms with Gasteiger partial charge in [0, 0.05) is 26.4 Å². The summed E-state index contributed by atoms with van der Waals surface area (Å²) in [5.74, 6) is -0.349. The number of carbonyl (C=O) groups excluding carboxylic acids is 1. The minimum atomic E-state index is -0.349. The Morgan fingerprint density at radius 2 is 2.07 bits per heavy atom. The molecule has 3 rings (SSSR count). The van der Waals surface area contributed by atoms with E-state index >= 15 is 0 Å². The maximum Gasteiger partial charge on any atom is 0.267 e. The molecule has 0 aliphatic carbocycles. The highest BCUT2D eigenvalue weighted by atomic mass is 16.5. The second-order valence-corrected chi connectivity index (χ2v) is 7.41. The zero-order valence-corrected chi connectivity index (χ0v) is 17.8. The van der Waals surface area contributed by atoms with Crippen molar-refractivity contribution in [2.45, 2.75) is 46.1 Å². The van der Waals surface area contributed by atoms with Crippen molar-refractivity contribution in [3.63, 3.8) is 0 Å². The van der Waals surface area contributed by atoms with Gasteiger partial charge in [-0.15, -0.1) is 0 Å². The lowest BCUT2D eigenvalue weighted by molar-refractivity contribution is 0.0950. The number of nitrogens with zero attached hydrogens (tertiary/aromatic N) is 3. The van der Waals surface area contributed by atoms with E-state index in [9.17, 15) is 9.59 Å². The van der Waals surface area contributed by atoms with Gasteiger partial charge < -0.3 is 14.6 Å². The van der Waals surface area contributed by atoms with Gasteiger partial charge in [-0.2, -0.15) is 0 Å². The summed E-state index contributed by atoms with van der Waals surface area (Å²) >= 11 is 0. The van der Waals surface area contributed by atoms with E-state index in [1.807, 2.05) is 13.0 Å². The zero-order chi connectivity index (χ0) is 21.7. The van der Waals surface area contributed by atoms with Crippen LogP contribution in [-0.4, -0.2) is 40.1 Å². The summed E-state index contributed by atoms with van der Waals surface area (Å²) in [5, 5.41) is 11.8. The van der Waals surface area contributed by atoms with E-state index in [0.717, 1.165) is 31.2 Å². The number of pyridine rings is 2. The van der Waals surface area contributed by atoms with Crippen LogP contribution in [0.5, 0.6) is 0 Å². The van der Waals surface area contributed by atoms with Crippen molar-refractivity contribution in [2.75, 3.05) is 20.3 Å². The second-order valence-electron chi connectivity index (χ2n) is 7.41. The van der Waals surface area contributed by atoms with Crippen LogP contribution in [0.15, 0.2) is 29.2 Å². The Bertz CT molecular complexity index is 1180. The summed E-state index contributed by atoms with van der Waals surface area (Å²) in [6, 6.07) is 5.17. The van der Waals surface area contributed by atoms with E-state index in [1.165, 1.54) is 10.5 Å². The fraction of sp³-hybridized carbons (Fsp3) is 0.455. The Hall–Kier alpha value is -3.00. The molecule has 8 nitrogen and oxygen atoms in total. The molecule has 0 unspecified atom stereocenters. The molecule has 30 heavy (non-hydrogen) atoms. The highest BCUT2D eigenvalue weighted by Crippen LogP contribution is 2.13. The zero-order valence-electron chi connectivity index (χ0n) is 17.8. The van der Waals surface area contributed by atoms with Gasteiger partial charge in [-0.25, -0.2) is 4.98 Å². The molecule has 0 atom stereocenters. The van der Waals surface area contributed by atoms with E-state index in [-0.39, 0.29) is 22.5 Å².